The second kappa shape index (κ2) is 5.03. The van der Waals surface area contributed by atoms with Crippen molar-refractivity contribution in [3.63, 3.8) is 0 Å². The number of unbranched alkanes of at least 4 members (excludes halogenated alkanes) is 1. The van der Waals surface area contributed by atoms with Crippen LogP contribution in [0.4, 0.5) is 0 Å². The quantitative estimate of drug-likeness (QED) is 0.614. The zero-order valence-corrected chi connectivity index (χ0v) is 7.33. The van der Waals surface area contributed by atoms with Crippen LogP contribution in [0.1, 0.15) is 12.8 Å². The van der Waals surface area contributed by atoms with Crippen LogP contribution in [-0.2, 0) is 0 Å². The van der Waals surface area contributed by atoms with Gasteiger partial charge in [-0.3, -0.25) is 0 Å². The summed E-state index contributed by atoms with van der Waals surface area (Å²) in [5, 5.41) is 0. The van der Waals surface area contributed by atoms with E-state index in [0.29, 0.717) is 0 Å². The predicted octanol–water partition coefficient (Wildman–Crippen LogP) is 1.65. The Kier molecular flexibility index (Phi) is 4.23. The summed E-state index contributed by atoms with van der Waals surface area (Å²) in [7, 11) is 0. The van der Waals surface area contributed by atoms with Crippen LogP contribution >= 0.6 is 11.8 Å². The Labute approximate surface area is 68.2 Å². The summed E-state index contributed by atoms with van der Waals surface area (Å²) in [6, 6.07) is 0. The van der Waals surface area contributed by atoms with Gasteiger partial charge in [0.2, 0.25) is 0 Å². The molecule has 1 rings (SSSR count). The van der Waals surface area contributed by atoms with Gasteiger partial charge in [-0.2, -0.15) is 11.8 Å². The van der Waals surface area contributed by atoms with E-state index in [0.717, 1.165) is 6.42 Å². The first kappa shape index (κ1) is 8.41. The molecule has 0 aromatic rings. The minimum Gasteiger partial charge on any atom is -0.302 e. The van der Waals surface area contributed by atoms with E-state index in [9.17, 15) is 0 Å². The zero-order chi connectivity index (χ0) is 7.23. The minimum atomic E-state index is 1.09. The Morgan fingerprint density at radius 2 is 2.00 bits per heavy atom. The standard InChI is InChI=1S/C8H16NS/c1-2-3-4-9-5-7-10-8-6-9/h1-8H2. The fourth-order valence-corrected chi connectivity index (χ4v) is 2.14. The molecule has 0 amide bonds. The van der Waals surface area contributed by atoms with Crippen LogP contribution in [0.25, 0.3) is 0 Å². The maximum absolute atomic E-state index is 3.84. The maximum atomic E-state index is 3.84. The van der Waals surface area contributed by atoms with E-state index >= 15 is 0 Å². The van der Waals surface area contributed by atoms with Gasteiger partial charge < -0.3 is 4.90 Å². The van der Waals surface area contributed by atoms with Crippen molar-refractivity contribution >= 4 is 11.8 Å². The summed E-state index contributed by atoms with van der Waals surface area (Å²) < 4.78 is 0. The van der Waals surface area contributed by atoms with Gasteiger partial charge in [-0.15, -0.1) is 0 Å². The SMILES string of the molecule is [CH2]CCCN1CCSCC1. The van der Waals surface area contributed by atoms with Crippen molar-refractivity contribution in [2.45, 2.75) is 12.8 Å². The van der Waals surface area contributed by atoms with E-state index in [1.807, 2.05) is 0 Å². The molecule has 0 aliphatic carbocycles. The Bertz CT molecular complexity index is 79.3. The van der Waals surface area contributed by atoms with Crippen LogP contribution in [-0.4, -0.2) is 36.0 Å². The van der Waals surface area contributed by atoms with Gasteiger partial charge in [0.15, 0.2) is 0 Å². The third-order valence-electron chi connectivity index (χ3n) is 1.83. The highest BCUT2D eigenvalue weighted by Gasteiger charge is 2.08. The second-order valence-electron chi connectivity index (χ2n) is 2.66. The molecule has 2 heteroatoms. The van der Waals surface area contributed by atoms with Crippen LogP contribution in [0.2, 0.25) is 0 Å². The van der Waals surface area contributed by atoms with Gasteiger partial charge in [0.05, 0.1) is 0 Å². The molecule has 0 spiro atoms. The highest BCUT2D eigenvalue weighted by atomic mass is 32.2. The van der Waals surface area contributed by atoms with E-state index in [2.05, 4.69) is 23.6 Å². The summed E-state index contributed by atoms with van der Waals surface area (Å²) in [6.45, 7) is 7.70. The van der Waals surface area contributed by atoms with Gasteiger partial charge in [-0.25, -0.2) is 0 Å². The van der Waals surface area contributed by atoms with Gasteiger partial charge in [-0.05, 0) is 13.0 Å². The summed E-state index contributed by atoms with van der Waals surface area (Å²) in [5.74, 6) is 2.66. The number of hydrogen-bond acceptors (Lipinski definition) is 2. The molecule has 1 saturated heterocycles. The number of rotatable bonds is 3. The Morgan fingerprint density at radius 3 is 2.60 bits per heavy atom. The van der Waals surface area contributed by atoms with Crippen molar-refractivity contribution in [3.8, 4) is 0 Å². The largest absolute Gasteiger partial charge is 0.302 e. The number of hydrogen-bond donors (Lipinski definition) is 0. The van der Waals surface area contributed by atoms with E-state index in [1.54, 1.807) is 0 Å². The molecule has 1 nitrogen and oxygen atoms in total. The zero-order valence-electron chi connectivity index (χ0n) is 6.51. The highest BCUT2D eigenvalue weighted by molar-refractivity contribution is 7.99. The smallest absolute Gasteiger partial charge is 0.00727 e. The first-order chi connectivity index (χ1) is 4.93. The fraction of sp³-hybridized carbons (Fsp3) is 0.875. The van der Waals surface area contributed by atoms with Crippen LogP contribution in [0.15, 0.2) is 0 Å². The minimum absolute atomic E-state index is 1.09. The molecule has 59 valence electrons. The summed E-state index contributed by atoms with van der Waals surface area (Å²) >= 11 is 2.07. The van der Waals surface area contributed by atoms with Gasteiger partial charge >= 0.3 is 0 Å². The van der Waals surface area contributed by atoms with Crippen molar-refractivity contribution < 1.29 is 0 Å². The van der Waals surface area contributed by atoms with Gasteiger partial charge in [-0.1, -0.05) is 13.3 Å². The van der Waals surface area contributed by atoms with Gasteiger partial charge in [0.25, 0.3) is 0 Å². The van der Waals surface area contributed by atoms with Crippen molar-refractivity contribution in [3.05, 3.63) is 6.92 Å². The summed E-state index contributed by atoms with van der Waals surface area (Å²) in [4.78, 5) is 2.54. The average molecular weight is 158 g/mol. The van der Waals surface area contributed by atoms with Crippen molar-refractivity contribution in [2.75, 3.05) is 31.1 Å². The molecule has 0 N–H and O–H groups in total. The lowest BCUT2D eigenvalue weighted by Crippen LogP contribution is -2.33. The molecule has 1 aliphatic heterocycles. The molecule has 1 radical (unpaired) electrons. The van der Waals surface area contributed by atoms with Crippen LogP contribution in [0, 0.1) is 6.92 Å². The van der Waals surface area contributed by atoms with E-state index < -0.39 is 0 Å². The van der Waals surface area contributed by atoms with Crippen molar-refractivity contribution in [2.24, 2.45) is 0 Å². The molecule has 10 heavy (non-hydrogen) atoms. The lowest BCUT2D eigenvalue weighted by Gasteiger charge is -2.25. The molecule has 0 atom stereocenters. The topological polar surface area (TPSA) is 3.24 Å². The summed E-state index contributed by atoms with van der Waals surface area (Å²) in [5.41, 5.74) is 0. The number of thioether (sulfide) groups is 1. The second-order valence-corrected chi connectivity index (χ2v) is 3.89. The first-order valence-corrected chi connectivity index (χ1v) is 5.18. The Morgan fingerprint density at radius 1 is 1.30 bits per heavy atom. The van der Waals surface area contributed by atoms with Crippen LogP contribution in [0.5, 0.6) is 0 Å². The molecule has 1 fully saturated rings. The molecule has 1 heterocycles. The highest BCUT2D eigenvalue weighted by Crippen LogP contribution is 2.09. The van der Waals surface area contributed by atoms with E-state index in [1.165, 1.54) is 37.6 Å². The molecule has 0 bridgehead atoms. The molecule has 1 aliphatic rings. The summed E-state index contributed by atoms with van der Waals surface area (Å²) in [6.07, 6.45) is 2.36. The van der Waals surface area contributed by atoms with Crippen molar-refractivity contribution in [1.82, 2.24) is 4.90 Å². The van der Waals surface area contributed by atoms with Crippen LogP contribution in [0.3, 0.4) is 0 Å². The lowest BCUT2D eigenvalue weighted by molar-refractivity contribution is 0.299. The fourth-order valence-electron chi connectivity index (χ4n) is 1.16. The third-order valence-corrected chi connectivity index (χ3v) is 2.77. The monoisotopic (exact) mass is 158 g/mol. The molecular weight excluding hydrogens is 142 g/mol. The molecule has 0 saturated carbocycles. The van der Waals surface area contributed by atoms with Gasteiger partial charge in [0.1, 0.15) is 0 Å². The molecular formula is C8H16NS. The van der Waals surface area contributed by atoms with Crippen LogP contribution < -0.4 is 0 Å². The van der Waals surface area contributed by atoms with Gasteiger partial charge in [0, 0.05) is 24.6 Å². The molecule has 0 unspecified atom stereocenters. The number of nitrogens with zero attached hydrogens (tertiary/aromatic N) is 1. The van der Waals surface area contributed by atoms with Crippen molar-refractivity contribution in [1.29, 1.82) is 0 Å². The Hall–Kier alpha value is 0.310. The van der Waals surface area contributed by atoms with E-state index in [-0.39, 0.29) is 0 Å². The lowest BCUT2D eigenvalue weighted by atomic mass is 10.3. The molecule has 0 aromatic carbocycles. The first-order valence-electron chi connectivity index (χ1n) is 4.03. The predicted molar refractivity (Wildman–Crippen MR) is 48.4 cm³/mol. The Balaban J connectivity index is 2.02. The molecule has 0 aromatic heterocycles. The maximum Gasteiger partial charge on any atom is 0.00727 e. The third kappa shape index (κ3) is 2.93. The van der Waals surface area contributed by atoms with E-state index in [4.69, 9.17) is 0 Å². The average Bonchev–Trinajstić information content (AvgIpc) is 2.03. The normalized spacial score (nSPS) is 21.3.